The molecule has 2 unspecified atom stereocenters. The van der Waals surface area contributed by atoms with E-state index in [1.54, 1.807) is 0 Å². The molecule has 2 nitrogen and oxygen atoms in total. The minimum absolute atomic E-state index is 0.730. The maximum atomic E-state index is 8.81. The summed E-state index contributed by atoms with van der Waals surface area (Å²) in [4.78, 5) is 0. The molecule has 0 saturated heterocycles. The zero-order valence-corrected chi connectivity index (χ0v) is 10.4. The summed E-state index contributed by atoms with van der Waals surface area (Å²) in [5.41, 5.74) is 1.80. The van der Waals surface area contributed by atoms with Crippen molar-refractivity contribution in [2.45, 2.75) is 32.6 Å². The third kappa shape index (κ3) is 3.49. The smallest absolute Gasteiger partial charge is 0.0992 e. The second-order valence-electron chi connectivity index (χ2n) is 4.97. The van der Waals surface area contributed by atoms with E-state index >= 15 is 0 Å². The van der Waals surface area contributed by atoms with Crippen LogP contribution in [0.25, 0.3) is 0 Å². The number of hydrogen-bond acceptors (Lipinski definition) is 2. The molecule has 0 amide bonds. The van der Waals surface area contributed by atoms with Crippen molar-refractivity contribution in [3.63, 3.8) is 0 Å². The number of hydrogen-bond donors (Lipinski definition) is 1. The Hall–Kier alpha value is -1.49. The molecule has 1 aromatic rings. The zero-order valence-electron chi connectivity index (χ0n) is 10.4. The minimum atomic E-state index is 0.730. The van der Waals surface area contributed by atoms with Gasteiger partial charge in [0, 0.05) is 12.2 Å². The Morgan fingerprint density at radius 1 is 1.41 bits per heavy atom. The van der Waals surface area contributed by atoms with Crippen molar-refractivity contribution in [3.8, 4) is 6.07 Å². The van der Waals surface area contributed by atoms with Crippen molar-refractivity contribution in [3.05, 3.63) is 29.8 Å². The fourth-order valence-corrected chi connectivity index (χ4v) is 2.33. The predicted octanol–water partition coefficient (Wildman–Crippen LogP) is 3.80. The van der Waals surface area contributed by atoms with Gasteiger partial charge < -0.3 is 5.32 Å². The van der Waals surface area contributed by atoms with Gasteiger partial charge in [0.25, 0.3) is 0 Å². The van der Waals surface area contributed by atoms with Crippen LogP contribution in [0.2, 0.25) is 0 Å². The van der Waals surface area contributed by atoms with Crippen LogP contribution < -0.4 is 5.32 Å². The van der Waals surface area contributed by atoms with Crippen LogP contribution in [0.4, 0.5) is 5.69 Å². The van der Waals surface area contributed by atoms with Crippen molar-refractivity contribution >= 4 is 5.69 Å². The Morgan fingerprint density at radius 2 is 2.29 bits per heavy atom. The van der Waals surface area contributed by atoms with E-state index < -0.39 is 0 Å². The zero-order chi connectivity index (χ0) is 12.1. The predicted molar refractivity (Wildman–Crippen MR) is 70.8 cm³/mol. The fraction of sp³-hybridized carbons (Fsp3) is 0.533. The summed E-state index contributed by atoms with van der Waals surface area (Å²) in [6.45, 7) is 3.31. The van der Waals surface area contributed by atoms with Crippen LogP contribution in [-0.4, -0.2) is 6.54 Å². The molecule has 2 atom stereocenters. The van der Waals surface area contributed by atoms with Crippen LogP contribution in [0.5, 0.6) is 0 Å². The molecule has 17 heavy (non-hydrogen) atoms. The highest BCUT2D eigenvalue weighted by Crippen LogP contribution is 2.42. The van der Waals surface area contributed by atoms with Crippen molar-refractivity contribution < 1.29 is 0 Å². The molecule has 0 aliphatic heterocycles. The lowest BCUT2D eigenvalue weighted by Crippen LogP contribution is -2.04. The molecule has 2 heteroatoms. The summed E-state index contributed by atoms with van der Waals surface area (Å²) in [5.74, 6) is 1.80. The number of unbranched alkanes of at least 4 members (excludes halogenated alkanes) is 1. The molecule has 1 fully saturated rings. The average Bonchev–Trinajstić information content (AvgIpc) is 3.13. The van der Waals surface area contributed by atoms with E-state index in [-0.39, 0.29) is 0 Å². The fourth-order valence-electron chi connectivity index (χ4n) is 2.33. The summed E-state index contributed by atoms with van der Waals surface area (Å²) in [6.07, 6.45) is 5.44. The summed E-state index contributed by atoms with van der Waals surface area (Å²) < 4.78 is 0. The first-order chi connectivity index (χ1) is 8.33. The van der Waals surface area contributed by atoms with Gasteiger partial charge in [-0.15, -0.1) is 0 Å². The van der Waals surface area contributed by atoms with Gasteiger partial charge in [0.2, 0.25) is 0 Å². The summed E-state index contributed by atoms with van der Waals surface area (Å²) in [7, 11) is 0. The molecule has 0 radical (unpaired) electrons. The van der Waals surface area contributed by atoms with E-state index in [9.17, 15) is 0 Å². The number of nitrogens with zero attached hydrogens (tertiary/aromatic N) is 1. The average molecular weight is 228 g/mol. The van der Waals surface area contributed by atoms with Gasteiger partial charge in [-0.05, 0) is 36.5 Å². The van der Waals surface area contributed by atoms with Crippen molar-refractivity contribution in [1.29, 1.82) is 5.26 Å². The quantitative estimate of drug-likeness (QED) is 0.804. The molecule has 1 aliphatic carbocycles. The van der Waals surface area contributed by atoms with Crippen LogP contribution in [0, 0.1) is 23.2 Å². The van der Waals surface area contributed by atoms with Crippen LogP contribution in [0.1, 0.15) is 38.2 Å². The molecule has 2 rings (SSSR count). The number of rotatable bonds is 6. The lowest BCUT2D eigenvalue weighted by atomic mass is 10.1. The Balaban J connectivity index is 1.74. The molecule has 0 aromatic heterocycles. The molecule has 1 aliphatic rings. The monoisotopic (exact) mass is 228 g/mol. The third-order valence-electron chi connectivity index (χ3n) is 3.56. The van der Waals surface area contributed by atoms with Gasteiger partial charge in [0.05, 0.1) is 11.6 Å². The Bertz CT molecular complexity index is 406. The van der Waals surface area contributed by atoms with E-state index in [0.717, 1.165) is 29.6 Å². The first-order valence-corrected chi connectivity index (χ1v) is 6.57. The third-order valence-corrected chi connectivity index (χ3v) is 3.56. The summed E-state index contributed by atoms with van der Waals surface area (Å²) >= 11 is 0. The molecule has 1 aromatic carbocycles. The van der Waals surface area contributed by atoms with Crippen molar-refractivity contribution in [2.24, 2.45) is 11.8 Å². The molecule has 0 bridgehead atoms. The molecule has 1 saturated carbocycles. The van der Waals surface area contributed by atoms with Gasteiger partial charge in [0.1, 0.15) is 0 Å². The van der Waals surface area contributed by atoms with Gasteiger partial charge in [-0.2, -0.15) is 5.26 Å². The number of nitrogens with one attached hydrogen (secondary N) is 1. The molecule has 1 N–H and O–H groups in total. The Morgan fingerprint density at radius 3 is 3.06 bits per heavy atom. The summed E-state index contributed by atoms with van der Waals surface area (Å²) in [5, 5.41) is 12.2. The Kier molecular flexibility index (Phi) is 4.03. The molecular weight excluding hydrogens is 208 g/mol. The molecular formula is C15H20N2. The van der Waals surface area contributed by atoms with E-state index in [4.69, 9.17) is 5.26 Å². The van der Waals surface area contributed by atoms with Gasteiger partial charge in [-0.25, -0.2) is 0 Å². The molecule has 90 valence electrons. The van der Waals surface area contributed by atoms with Gasteiger partial charge in [-0.1, -0.05) is 32.3 Å². The van der Waals surface area contributed by atoms with Crippen LogP contribution >= 0.6 is 0 Å². The maximum Gasteiger partial charge on any atom is 0.0992 e. The van der Waals surface area contributed by atoms with Crippen molar-refractivity contribution in [1.82, 2.24) is 0 Å². The van der Waals surface area contributed by atoms with E-state index in [0.29, 0.717) is 0 Å². The lowest BCUT2D eigenvalue weighted by Gasteiger charge is -2.06. The maximum absolute atomic E-state index is 8.81. The molecule has 0 spiro atoms. The topological polar surface area (TPSA) is 35.8 Å². The largest absolute Gasteiger partial charge is 0.385 e. The second kappa shape index (κ2) is 5.72. The van der Waals surface area contributed by atoms with Gasteiger partial charge in [-0.3, -0.25) is 0 Å². The SMILES string of the molecule is CCCCC1CC1CNc1cccc(C#N)c1. The van der Waals surface area contributed by atoms with Crippen LogP contribution in [-0.2, 0) is 0 Å². The summed E-state index contributed by atoms with van der Waals surface area (Å²) in [6, 6.07) is 9.89. The number of anilines is 1. The molecule has 0 heterocycles. The number of nitriles is 1. The lowest BCUT2D eigenvalue weighted by molar-refractivity contribution is 0.612. The number of benzene rings is 1. The van der Waals surface area contributed by atoms with E-state index in [1.807, 2.05) is 24.3 Å². The highest BCUT2D eigenvalue weighted by atomic mass is 14.9. The van der Waals surface area contributed by atoms with Crippen molar-refractivity contribution in [2.75, 3.05) is 11.9 Å². The van der Waals surface area contributed by atoms with E-state index in [2.05, 4.69) is 18.3 Å². The first-order valence-electron chi connectivity index (χ1n) is 6.57. The van der Waals surface area contributed by atoms with Gasteiger partial charge >= 0.3 is 0 Å². The Labute approximate surface area is 104 Å². The van der Waals surface area contributed by atoms with E-state index in [1.165, 1.54) is 25.7 Å². The highest BCUT2D eigenvalue weighted by Gasteiger charge is 2.35. The second-order valence-corrected chi connectivity index (χ2v) is 4.97. The van der Waals surface area contributed by atoms with Gasteiger partial charge in [0.15, 0.2) is 0 Å². The van der Waals surface area contributed by atoms with Crippen LogP contribution in [0.3, 0.4) is 0 Å². The standard InChI is InChI=1S/C15H20N2/c1-2-3-6-13-9-14(13)11-17-15-7-4-5-12(8-15)10-16/h4-5,7-8,13-14,17H,2-3,6,9,11H2,1H3. The minimum Gasteiger partial charge on any atom is -0.385 e. The first kappa shape index (κ1) is 12.0. The normalized spacial score (nSPS) is 21.9. The van der Waals surface area contributed by atoms with Crippen LogP contribution in [0.15, 0.2) is 24.3 Å². The highest BCUT2D eigenvalue weighted by molar-refractivity contribution is 5.49.